The second-order valence-corrected chi connectivity index (χ2v) is 7.74. The summed E-state index contributed by atoms with van der Waals surface area (Å²) in [7, 11) is 0. The van der Waals surface area contributed by atoms with Crippen LogP contribution < -0.4 is 10.9 Å². The van der Waals surface area contributed by atoms with Crippen molar-refractivity contribution in [2.75, 3.05) is 6.54 Å². The van der Waals surface area contributed by atoms with Crippen molar-refractivity contribution in [1.29, 1.82) is 0 Å². The van der Waals surface area contributed by atoms with Gasteiger partial charge in [0.15, 0.2) is 0 Å². The number of pyridine rings is 1. The van der Waals surface area contributed by atoms with Crippen LogP contribution in [0.1, 0.15) is 37.5 Å². The molecular weight excluding hydrogens is 356 g/mol. The van der Waals surface area contributed by atoms with E-state index in [9.17, 15) is 20.1 Å². The van der Waals surface area contributed by atoms with E-state index in [0.29, 0.717) is 23.0 Å². The number of benzene rings is 2. The predicted molar refractivity (Wildman–Crippen MR) is 110 cm³/mol. The molecule has 0 radical (unpaired) electrons. The number of aromatic nitrogens is 1. The van der Waals surface area contributed by atoms with Crippen LogP contribution in [0, 0.1) is 0 Å². The lowest BCUT2D eigenvalue weighted by molar-refractivity contribution is 0.160. The Morgan fingerprint density at radius 1 is 1.11 bits per heavy atom. The first-order valence-corrected chi connectivity index (χ1v) is 9.31. The minimum Gasteiger partial charge on any atom is -0.508 e. The zero-order chi connectivity index (χ0) is 20.3. The van der Waals surface area contributed by atoms with Gasteiger partial charge < -0.3 is 25.6 Å². The Hall–Kier alpha value is -2.83. The molecule has 0 aliphatic rings. The van der Waals surface area contributed by atoms with Gasteiger partial charge in [-0.25, -0.2) is 0 Å². The van der Waals surface area contributed by atoms with Gasteiger partial charge >= 0.3 is 0 Å². The van der Waals surface area contributed by atoms with E-state index in [1.165, 1.54) is 12.1 Å². The summed E-state index contributed by atoms with van der Waals surface area (Å²) in [6.07, 6.45) is 0.829. The highest BCUT2D eigenvalue weighted by Crippen LogP contribution is 2.29. The summed E-state index contributed by atoms with van der Waals surface area (Å²) in [4.78, 5) is 14.1. The van der Waals surface area contributed by atoms with Crippen LogP contribution in [0.25, 0.3) is 10.9 Å². The fraction of sp³-hybridized carbons (Fsp3) is 0.318. The molecule has 3 rings (SSSR count). The fourth-order valence-electron chi connectivity index (χ4n) is 3.29. The third-order valence-corrected chi connectivity index (χ3v) is 4.99. The van der Waals surface area contributed by atoms with Gasteiger partial charge in [0, 0.05) is 23.5 Å². The van der Waals surface area contributed by atoms with E-state index in [-0.39, 0.29) is 22.6 Å². The third kappa shape index (κ3) is 4.71. The number of hydrogen-bond acceptors (Lipinski definition) is 5. The average molecular weight is 382 g/mol. The standard InChI is InChI=1S/C22H26N2O4/c1-22(2,11-10-14-4-3-5-15(25)12-14)23-13-19(27)16-6-8-18(26)21-17(16)7-9-20(28)24-21/h3-9,12,19,23,25-27H,10-11,13H2,1-2H3,(H,24,28). The molecule has 5 N–H and O–H groups in total. The number of hydrogen-bond donors (Lipinski definition) is 5. The monoisotopic (exact) mass is 382 g/mol. The number of rotatable bonds is 7. The summed E-state index contributed by atoms with van der Waals surface area (Å²) < 4.78 is 0. The normalized spacial score (nSPS) is 13.0. The molecule has 0 saturated heterocycles. The van der Waals surface area contributed by atoms with Gasteiger partial charge in [-0.3, -0.25) is 4.79 Å². The first-order valence-electron chi connectivity index (χ1n) is 9.31. The number of aryl methyl sites for hydroxylation is 1. The molecule has 0 amide bonds. The molecular formula is C22H26N2O4. The second kappa shape index (κ2) is 8.04. The van der Waals surface area contributed by atoms with Gasteiger partial charge in [-0.1, -0.05) is 18.2 Å². The van der Waals surface area contributed by atoms with Crippen molar-refractivity contribution in [2.24, 2.45) is 0 Å². The third-order valence-electron chi connectivity index (χ3n) is 4.99. The van der Waals surface area contributed by atoms with Crippen LogP contribution in [-0.2, 0) is 6.42 Å². The van der Waals surface area contributed by atoms with E-state index in [1.54, 1.807) is 24.3 Å². The van der Waals surface area contributed by atoms with Crippen LogP contribution in [0.15, 0.2) is 53.3 Å². The zero-order valence-electron chi connectivity index (χ0n) is 16.1. The summed E-state index contributed by atoms with van der Waals surface area (Å²) >= 11 is 0. The summed E-state index contributed by atoms with van der Waals surface area (Å²) in [5.41, 5.74) is 1.49. The van der Waals surface area contributed by atoms with E-state index in [4.69, 9.17) is 0 Å². The first kappa shape index (κ1) is 19.9. The van der Waals surface area contributed by atoms with Gasteiger partial charge in [-0.2, -0.15) is 0 Å². The van der Waals surface area contributed by atoms with Gasteiger partial charge in [0.25, 0.3) is 0 Å². The molecule has 0 saturated carbocycles. The lowest BCUT2D eigenvalue weighted by Gasteiger charge is -2.28. The number of β-amino-alcohol motifs (C(OH)–C–C–N with tert-alkyl or cyclic N) is 1. The number of aromatic hydroxyl groups is 2. The quantitative estimate of drug-likeness (QED) is 0.432. The van der Waals surface area contributed by atoms with Gasteiger partial charge in [-0.15, -0.1) is 0 Å². The van der Waals surface area contributed by atoms with Gasteiger partial charge in [0.1, 0.15) is 11.5 Å². The number of fused-ring (bicyclic) bond motifs is 1. The number of aliphatic hydroxyl groups excluding tert-OH is 1. The highest BCUT2D eigenvalue weighted by molar-refractivity contribution is 5.87. The van der Waals surface area contributed by atoms with Crippen molar-refractivity contribution in [2.45, 2.75) is 38.3 Å². The molecule has 28 heavy (non-hydrogen) atoms. The Kier molecular flexibility index (Phi) is 5.72. The smallest absolute Gasteiger partial charge is 0.248 e. The highest BCUT2D eigenvalue weighted by atomic mass is 16.3. The molecule has 148 valence electrons. The predicted octanol–water partition coefficient (Wildman–Crippen LogP) is 2.97. The Labute approximate surface area is 163 Å². The van der Waals surface area contributed by atoms with Crippen molar-refractivity contribution < 1.29 is 15.3 Å². The Morgan fingerprint density at radius 2 is 1.89 bits per heavy atom. The summed E-state index contributed by atoms with van der Waals surface area (Å²) in [5, 5.41) is 34.3. The summed E-state index contributed by atoms with van der Waals surface area (Å²) in [5.74, 6) is 0.235. The van der Waals surface area contributed by atoms with E-state index in [0.717, 1.165) is 18.4 Å². The van der Waals surface area contributed by atoms with E-state index in [1.807, 2.05) is 12.1 Å². The number of aliphatic hydroxyl groups is 1. The molecule has 1 aromatic heterocycles. The minimum absolute atomic E-state index is 0.0250. The van der Waals surface area contributed by atoms with Crippen LogP contribution in [-0.4, -0.2) is 32.4 Å². The molecule has 3 aromatic rings. The highest BCUT2D eigenvalue weighted by Gasteiger charge is 2.20. The molecule has 6 heteroatoms. The van der Waals surface area contributed by atoms with Crippen LogP contribution >= 0.6 is 0 Å². The van der Waals surface area contributed by atoms with E-state index >= 15 is 0 Å². The fourth-order valence-corrected chi connectivity index (χ4v) is 3.29. The molecule has 1 unspecified atom stereocenters. The Bertz CT molecular complexity index is 1030. The van der Waals surface area contributed by atoms with E-state index < -0.39 is 6.10 Å². The van der Waals surface area contributed by atoms with E-state index in [2.05, 4.69) is 24.1 Å². The van der Waals surface area contributed by atoms with Gasteiger partial charge in [-0.05, 0) is 62.1 Å². The Balaban J connectivity index is 1.67. The SMILES string of the molecule is CC(C)(CCc1cccc(O)c1)NCC(O)c1ccc(O)c2[nH]c(=O)ccc12. The van der Waals surface area contributed by atoms with Crippen molar-refractivity contribution in [3.8, 4) is 11.5 Å². The van der Waals surface area contributed by atoms with Crippen molar-refractivity contribution >= 4 is 10.9 Å². The van der Waals surface area contributed by atoms with Gasteiger partial charge in [0.2, 0.25) is 5.56 Å². The molecule has 2 aromatic carbocycles. The largest absolute Gasteiger partial charge is 0.508 e. The number of aromatic amines is 1. The molecule has 1 heterocycles. The second-order valence-electron chi connectivity index (χ2n) is 7.74. The maximum Gasteiger partial charge on any atom is 0.248 e. The number of nitrogens with one attached hydrogen (secondary N) is 2. The lowest BCUT2D eigenvalue weighted by atomic mass is 9.94. The molecule has 0 bridgehead atoms. The number of phenols is 2. The maximum atomic E-state index is 11.5. The molecule has 0 spiro atoms. The average Bonchev–Trinajstić information content (AvgIpc) is 2.65. The van der Waals surface area contributed by atoms with Crippen LogP contribution in [0.3, 0.4) is 0 Å². The zero-order valence-corrected chi connectivity index (χ0v) is 16.1. The Morgan fingerprint density at radius 3 is 2.64 bits per heavy atom. The first-order chi connectivity index (χ1) is 13.2. The van der Waals surface area contributed by atoms with Crippen molar-refractivity contribution in [1.82, 2.24) is 10.3 Å². The van der Waals surface area contributed by atoms with Crippen molar-refractivity contribution in [3.05, 3.63) is 70.0 Å². The topological polar surface area (TPSA) is 106 Å². The molecule has 0 fully saturated rings. The maximum absolute atomic E-state index is 11.5. The van der Waals surface area contributed by atoms with Crippen LogP contribution in [0.4, 0.5) is 0 Å². The van der Waals surface area contributed by atoms with Crippen molar-refractivity contribution in [3.63, 3.8) is 0 Å². The molecule has 0 aliphatic heterocycles. The molecule has 0 aliphatic carbocycles. The van der Waals surface area contributed by atoms with Crippen LogP contribution in [0.5, 0.6) is 11.5 Å². The lowest BCUT2D eigenvalue weighted by Crippen LogP contribution is -2.42. The molecule has 1 atom stereocenters. The number of phenolic OH excluding ortho intramolecular Hbond substituents is 2. The van der Waals surface area contributed by atoms with Gasteiger partial charge in [0.05, 0.1) is 11.6 Å². The minimum atomic E-state index is -0.797. The number of H-pyrrole nitrogens is 1. The summed E-state index contributed by atoms with van der Waals surface area (Å²) in [6.45, 7) is 4.45. The van der Waals surface area contributed by atoms with Crippen LogP contribution in [0.2, 0.25) is 0 Å². The summed E-state index contributed by atoms with van der Waals surface area (Å²) in [6, 6.07) is 13.4. The molecule has 6 nitrogen and oxygen atoms in total.